The van der Waals surface area contributed by atoms with Crippen LogP contribution in [0.1, 0.15) is 49.0 Å². The summed E-state index contributed by atoms with van der Waals surface area (Å²) in [5.41, 5.74) is 0.854. The molecule has 0 spiro atoms. The molecule has 1 atom stereocenters. The molecule has 3 aromatic rings. The molecule has 2 N–H and O–H groups in total. The smallest absolute Gasteiger partial charge is 0.414 e. The first-order valence-electron chi connectivity index (χ1n) is 16.4. The number of nitrogens with one attached hydrogen (secondary N) is 1. The van der Waals surface area contributed by atoms with E-state index in [9.17, 15) is 24.3 Å². The molecule has 14 heteroatoms. The third kappa shape index (κ3) is 6.16. The molecule has 7 rings (SSSR count). The van der Waals surface area contributed by atoms with E-state index in [1.807, 2.05) is 14.4 Å². The largest absolute Gasteiger partial charge is 0.477 e. The van der Waals surface area contributed by atoms with E-state index in [0.717, 1.165) is 38.8 Å². The van der Waals surface area contributed by atoms with Gasteiger partial charge >= 0.3 is 12.1 Å². The van der Waals surface area contributed by atoms with Crippen LogP contribution in [0.4, 0.5) is 30.6 Å². The number of piperidine rings is 1. The van der Waals surface area contributed by atoms with E-state index in [2.05, 4.69) is 10.2 Å². The van der Waals surface area contributed by atoms with Crippen LogP contribution < -0.4 is 25.4 Å². The van der Waals surface area contributed by atoms with Gasteiger partial charge in [-0.3, -0.25) is 19.4 Å². The topological polar surface area (TPSA) is 128 Å². The Morgan fingerprint density at radius 3 is 2.23 bits per heavy atom. The minimum atomic E-state index is -1.31. The summed E-state index contributed by atoms with van der Waals surface area (Å²) in [6.07, 6.45) is 3.74. The summed E-state index contributed by atoms with van der Waals surface area (Å²) in [5, 5.41) is 12.2. The number of carbonyl (C=O) groups excluding carboxylic acids is 2. The van der Waals surface area contributed by atoms with Crippen molar-refractivity contribution >= 4 is 45.9 Å². The molecular weight excluding hydrogens is 626 g/mol. The number of aromatic carboxylic acids is 1. The first kappa shape index (κ1) is 31.9. The number of carbonyl (C=O) groups is 3. The lowest BCUT2D eigenvalue weighted by atomic mass is 10.0. The molecule has 1 saturated carbocycles. The molecule has 4 heterocycles. The standard InChI is InChI=1S/C34H38F2N6O6/c1-20(43)37-17-24-18-42(34(47)48-24)23-4-5-29(27(35)14-23)40-12-10-38(11-13-40)21-6-8-39(9-7-21)31-16-30-25(15-28(31)36)32(44)26(33(45)46)19-41(30)22-2-3-22/h4-5,14-16,19,21-22,24H,2-3,6-13,17-18H2,1H3,(H,37,43)(H,45,46)/t24-/m0/s1. The predicted octanol–water partition coefficient (Wildman–Crippen LogP) is 3.57. The van der Waals surface area contributed by atoms with E-state index in [4.69, 9.17) is 4.74 Å². The van der Waals surface area contributed by atoms with Crippen molar-refractivity contribution in [1.82, 2.24) is 14.8 Å². The highest BCUT2D eigenvalue weighted by Crippen LogP contribution is 2.38. The summed E-state index contributed by atoms with van der Waals surface area (Å²) in [6.45, 7) is 5.84. The molecule has 3 aliphatic heterocycles. The summed E-state index contributed by atoms with van der Waals surface area (Å²) in [4.78, 5) is 55.9. The quantitative estimate of drug-likeness (QED) is 0.372. The van der Waals surface area contributed by atoms with Gasteiger partial charge in [-0.05, 0) is 56.0 Å². The number of rotatable bonds is 8. The van der Waals surface area contributed by atoms with Gasteiger partial charge in [-0.15, -0.1) is 0 Å². The van der Waals surface area contributed by atoms with Crippen LogP contribution in [0.5, 0.6) is 0 Å². The molecule has 12 nitrogen and oxygen atoms in total. The van der Waals surface area contributed by atoms with Crippen molar-refractivity contribution in [2.24, 2.45) is 0 Å². The van der Waals surface area contributed by atoms with Crippen LogP contribution in [0.25, 0.3) is 10.9 Å². The molecule has 0 radical (unpaired) electrons. The Bertz CT molecular complexity index is 1830. The van der Waals surface area contributed by atoms with Crippen LogP contribution in [0.2, 0.25) is 0 Å². The van der Waals surface area contributed by atoms with E-state index < -0.39 is 35.2 Å². The van der Waals surface area contributed by atoms with E-state index in [0.29, 0.717) is 54.8 Å². The van der Waals surface area contributed by atoms with E-state index in [1.54, 1.807) is 18.2 Å². The second-order valence-electron chi connectivity index (χ2n) is 13.1. The SMILES string of the molecule is CC(=O)NC[C@H]1CN(c2ccc(N3CCN(C4CCN(c5cc6c(cc5F)c(=O)c(C(=O)O)cn6C5CC5)CC4)CC3)c(F)c2)C(=O)O1. The molecular formula is C34H38F2N6O6. The lowest BCUT2D eigenvalue weighted by Crippen LogP contribution is -2.53. The Hall–Kier alpha value is -4.72. The van der Waals surface area contributed by atoms with Crippen molar-refractivity contribution in [3.05, 3.63) is 63.9 Å². The van der Waals surface area contributed by atoms with Crippen molar-refractivity contribution < 1.29 is 33.0 Å². The second kappa shape index (κ2) is 12.7. The molecule has 0 unspecified atom stereocenters. The minimum Gasteiger partial charge on any atom is -0.477 e. The van der Waals surface area contributed by atoms with Gasteiger partial charge in [-0.25, -0.2) is 18.4 Å². The number of cyclic esters (lactones) is 1. The Labute approximate surface area is 275 Å². The number of nitrogens with zero attached hydrogens (tertiary/aromatic N) is 5. The zero-order valence-corrected chi connectivity index (χ0v) is 26.7. The van der Waals surface area contributed by atoms with Gasteiger partial charge in [0, 0.05) is 69.9 Å². The molecule has 1 aromatic heterocycles. The van der Waals surface area contributed by atoms with Crippen LogP contribution >= 0.6 is 0 Å². The third-order valence-electron chi connectivity index (χ3n) is 9.94. The molecule has 4 fully saturated rings. The van der Waals surface area contributed by atoms with Crippen LogP contribution in [0.15, 0.2) is 41.3 Å². The molecule has 1 aliphatic carbocycles. The molecule has 2 amide bonds. The van der Waals surface area contributed by atoms with Gasteiger partial charge in [0.25, 0.3) is 0 Å². The number of piperazine rings is 1. The fourth-order valence-electron chi connectivity index (χ4n) is 7.22. The van der Waals surface area contributed by atoms with E-state index in [-0.39, 0.29) is 36.0 Å². The lowest BCUT2D eigenvalue weighted by molar-refractivity contribution is -0.119. The molecule has 0 bridgehead atoms. The average Bonchev–Trinajstić information content (AvgIpc) is 3.85. The number of benzene rings is 2. The highest BCUT2D eigenvalue weighted by atomic mass is 19.1. The Kier molecular flexibility index (Phi) is 8.44. The number of anilines is 3. The van der Waals surface area contributed by atoms with Crippen molar-refractivity contribution in [2.45, 2.75) is 50.8 Å². The Morgan fingerprint density at radius 1 is 0.896 bits per heavy atom. The second-order valence-corrected chi connectivity index (χ2v) is 13.1. The van der Waals surface area contributed by atoms with Gasteiger partial charge in [0.1, 0.15) is 23.3 Å². The third-order valence-corrected chi connectivity index (χ3v) is 9.94. The average molecular weight is 665 g/mol. The normalized spacial score (nSPS) is 20.8. The monoisotopic (exact) mass is 664 g/mol. The maximum Gasteiger partial charge on any atom is 0.414 e. The number of halogens is 2. The zero-order chi connectivity index (χ0) is 33.7. The van der Waals surface area contributed by atoms with Gasteiger partial charge in [0.2, 0.25) is 11.3 Å². The number of hydrogen-bond acceptors (Lipinski definition) is 8. The number of carboxylic acid groups (broad SMARTS) is 1. The van der Waals surface area contributed by atoms with Gasteiger partial charge < -0.3 is 29.5 Å². The molecule has 2 aromatic carbocycles. The number of hydrogen-bond donors (Lipinski definition) is 2. The Balaban J connectivity index is 0.963. The fourth-order valence-corrected chi connectivity index (χ4v) is 7.22. The van der Waals surface area contributed by atoms with Gasteiger partial charge in [0.05, 0.1) is 35.7 Å². The highest BCUT2D eigenvalue weighted by Gasteiger charge is 2.34. The van der Waals surface area contributed by atoms with Crippen molar-refractivity contribution in [3.63, 3.8) is 0 Å². The van der Waals surface area contributed by atoms with Crippen molar-refractivity contribution in [2.75, 3.05) is 67.1 Å². The van der Waals surface area contributed by atoms with Crippen LogP contribution in [0, 0.1) is 11.6 Å². The number of fused-ring (bicyclic) bond motifs is 1. The van der Waals surface area contributed by atoms with Gasteiger partial charge in [0.15, 0.2) is 0 Å². The maximum absolute atomic E-state index is 15.4. The Morgan fingerprint density at radius 2 is 1.58 bits per heavy atom. The summed E-state index contributed by atoms with van der Waals surface area (Å²) >= 11 is 0. The number of ether oxygens (including phenoxy) is 1. The lowest BCUT2D eigenvalue weighted by Gasteiger charge is -2.44. The summed E-state index contributed by atoms with van der Waals surface area (Å²) in [5.74, 6) is -2.48. The molecule has 4 aliphatic rings. The first-order valence-corrected chi connectivity index (χ1v) is 16.4. The molecule has 48 heavy (non-hydrogen) atoms. The van der Waals surface area contributed by atoms with Crippen LogP contribution in [0.3, 0.4) is 0 Å². The predicted molar refractivity (Wildman–Crippen MR) is 175 cm³/mol. The van der Waals surface area contributed by atoms with Crippen molar-refractivity contribution in [3.8, 4) is 0 Å². The van der Waals surface area contributed by atoms with E-state index >= 15 is 8.78 Å². The molecule has 3 saturated heterocycles. The molecule has 254 valence electrons. The van der Waals surface area contributed by atoms with Crippen LogP contribution in [-0.2, 0) is 9.53 Å². The van der Waals surface area contributed by atoms with Gasteiger partial charge in [-0.2, -0.15) is 0 Å². The minimum absolute atomic E-state index is 0.0905. The summed E-state index contributed by atoms with van der Waals surface area (Å²) < 4.78 is 37.9. The maximum atomic E-state index is 15.4. The van der Waals surface area contributed by atoms with Crippen LogP contribution in [-0.4, -0.2) is 97.0 Å². The van der Waals surface area contributed by atoms with E-state index in [1.165, 1.54) is 30.2 Å². The zero-order valence-electron chi connectivity index (χ0n) is 26.7. The fraction of sp³-hybridized carbons (Fsp3) is 0.471. The van der Waals surface area contributed by atoms with Crippen molar-refractivity contribution in [1.29, 1.82) is 0 Å². The number of carboxylic acids is 1. The van der Waals surface area contributed by atoms with Gasteiger partial charge in [-0.1, -0.05) is 0 Å². The first-order chi connectivity index (χ1) is 23.1. The number of aromatic nitrogens is 1. The number of amides is 2. The summed E-state index contributed by atoms with van der Waals surface area (Å²) in [6, 6.07) is 8.05. The summed E-state index contributed by atoms with van der Waals surface area (Å²) in [7, 11) is 0. The number of pyridine rings is 1. The highest BCUT2D eigenvalue weighted by molar-refractivity contribution is 5.94.